The van der Waals surface area contributed by atoms with E-state index in [2.05, 4.69) is 36.4 Å². The Hall–Kier alpha value is -5.03. The summed E-state index contributed by atoms with van der Waals surface area (Å²) in [5.74, 6) is -1.08. The zero-order chi connectivity index (χ0) is 27.7. The van der Waals surface area contributed by atoms with E-state index in [1.807, 2.05) is 85.1 Å². The van der Waals surface area contributed by atoms with E-state index in [0.717, 1.165) is 38.7 Å². The third-order valence-corrected chi connectivity index (χ3v) is 9.17. The van der Waals surface area contributed by atoms with Gasteiger partial charge in [-0.15, -0.1) is 0 Å². The van der Waals surface area contributed by atoms with E-state index in [1.54, 1.807) is 7.11 Å². The Bertz CT molecular complexity index is 1910. The van der Waals surface area contributed by atoms with E-state index in [1.165, 1.54) is 4.90 Å². The van der Waals surface area contributed by atoms with Gasteiger partial charge in [0.25, 0.3) is 0 Å². The second-order valence-corrected chi connectivity index (χ2v) is 11.0. The van der Waals surface area contributed by atoms with Crippen molar-refractivity contribution < 1.29 is 14.3 Å². The first-order valence-electron chi connectivity index (χ1n) is 13.9. The Morgan fingerprint density at radius 3 is 2.41 bits per heavy atom. The first kappa shape index (κ1) is 23.8. The highest BCUT2D eigenvalue weighted by molar-refractivity contribution is 6.27. The van der Waals surface area contributed by atoms with Crippen molar-refractivity contribution in [3.63, 3.8) is 0 Å². The van der Waals surface area contributed by atoms with Crippen LogP contribution in [0.1, 0.15) is 28.2 Å². The van der Waals surface area contributed by atoms with Gasteiger partial charge in [-0.1, -0.05) is 91.0 Å². The van der Waals surface area contributed by atoms with Crippen LogP contribution in [0.25, 0.3) is 10.8 Å². The Labute approximate surface area is 237 Å². The summed E-state index contributed by atoms with van der Waals surface area (Å²) in [5, 5.41) is 1.87. The van der Waals surface area contributed by atoms with Gasteiger partial charge in [0.15, 0.2) is 0 Å². The summed E-state index contributed by atoms with van der Waals surface area (Å²) in [7, 11) is 1.63. The van der Waals surface area contributed by atoms with Crippen molar-refractivity contribution >= 4 is 40.2 Å². The number of hydrogen-bond acceptors (Lipinski definition) is 4. The summed E-state index contributed by atoms with van der Waals surface area (Å²) < 4.78 is 5.44. The molecule has 5 heteroatoms. The first-order chi connectivity index (χ1) is 20.1. The van der Waals surface area contributed by atoms with Crippen LogP contribution >= 0.6 is 0 Å². The molecule has 5 aliphatic carbocycles. The molecule has 5 aromatic rings. The second kappa shape index (κ2) is 8.73. The smallest absolute Gasteiger partial charge is 0.239 e. The van der Waals surface area contributed by atoms with Gasteiger partial charge in [0.1, 0.15) is 5.75 Å². The topological polar surface area (TPSA) is 59.0 Å². The highest BCUT2D eigenvalue weighted by Crippen LogP contribution is 2.60. The maximum absolute atomic E-state index is 14.8. The first-order valence-corrected chi connectivity index (χ1v) is 13.9. The Morgan fingerprint density at radius 1 is 0.805 bits per heavy atom. The molecule has 11 rings (SSSR count). The maximum Gasteiger partial charge on any atom is 0.239 e. The van der Waals surface area contributed by atoms with Gasteiger partial charge in [-0.05, 0) is 45.8 Å². The molecule has 41 heavy (non-hydrogen) atoms. The third kappa shape index (κ3) is 3.20. The van der Waals surface area contributed by atoms with E-state index in [4.69, 9.17) is 9.73 Å². The highest BCUT2D eigenvalue weighted by Gasteiger charge is 2.65. The molecule has 0 saturated carbocycles. The number of fused-ring (bicyclic) bond motifs is 1. The molecule has 4 bridgehead atoms. The maximum atomic E-state index is 14.8. The number of amides is 2. The van der Waals surface area contributed by atoms with E-state index in [0.29, 0.717) is 11.4 Å². The molecule has 1 fully saturated rings. The van der Waals surface area contributed by atoms with Crippen molar-refractivity contribution in [3.05, 3.63) is 138 Å². The Kier molecular flexibility index (Phi) is 5.08. The van der Waals surface area contributed by atoms with Gasteiger partial charge in [-0.25, -0.2) is 4.90 Å². The van der Waals surface area contributed by atoms with E-state index < -0.39 is 17.3 Å². The SMILES string of the molecule is COc1cccc(N=C[C@@]23c4ccc(cc4)[C@@H](c4ccccc42)[C@H]2C(=O)N(c4cccc5ccccc45)C(=O)[C@H]23)c1. The summed E-state index contributed by atoms with van der Waals surface area (Å²) in [6, 6.07) is 37.9. The highest BCUT2D eigenvalue weighted by atomic mass is 16.5. The van der Waals surface area contributed by atoms with Crippen molar-refractivity contribution in [2.75, 3.05) is 12.0 Å². The number of nitrogens with zero attached hydrogens (tertiary/aromatic N) is 2. The van der Waals surface area contributed by atoms with Crippen LogP contribution < -0.4 is 9.64 Å². The molecule has 4 atom stereocenters. The lowest BCUT2D eigenvalue weighted by molar-refractivity contribution is -0.122. The standard InChI is InChI=1S/C36H26N2O3/c1-41-26-11-7-10-25(20-26)37-21-36-24-18-16-23(17-19-24)31(28-13-4-5-14-29(28)36)32-33(36)35(40)38(34(32)39)30-15-6-9-22-8-2-3-12-27(22)30/h2-21,31-33H,1H3/t31-,32+,33-,36+/m0/s1. The number of benzene rings is 5. The number of ether oxygens (including phenoxy) is 1. The molecule has 6 aliphatic rings. The van der Waals surface area contributed by atoms with Gasteiger partial charge < -0.3 is 4.74 Å². The van der Waals surface area contributed by atoms with Gasteiger partial charge >= 0.3 is 0 Å². The summed E-state index contributed by atoms with van der Waals surface area (Å²) in [5.41, 5.74) is 4.52. The van der Waals surface area contributed by atoms with Crippen molar-refractivity contribution in [1.29, 1.82) is 0 Å². The number of rotatable bonds is 4. The van der Waals surface area contributed by atoms with Gasteiger partial charge in [0.05, 0.1) is 35.7 Å². The molecular weight excluding hydrogens is 508 g/mol. The molecule has 5 nitrogen and oxygen atoms in total. The summed E-state index contributed by atoms with van der Waals surface area (Å²) in [6.07, 6.45) is 1.91. The van der Waals surface area contributed by atoms with Gasteiger partial charge in [-0.2, -0.15) is 0 Å². The molecule has 1 heterocycles. The fourth-order valence-corrected chi connectivity index (χ4v) is 7.43. The van der Waals surface area contributed by atoms with Crippen LogP contribution in [0.4, 0.5) is 11.4 Å². The summed E-state index contributed by atoms with van der Waals surface area (Å²) in [4.78, 5) is 35.8. The summed E-state index contributed by atoms with van der Waals surface area (Å²) in [6.45, 7) is 0. The molecule has 0 aromatic heterocycles. The quantitative estimate of drug-likeness (QED) is 0.188. The summed E-state index contributed by atoms with van der Waals surface area (Å²) >= 11 is 0. The normalized spacial score (nSPS) is 24.0. The van der Waals surface area contributed by atoms with Gasteiger partial charge in [-0.3, -0.25) is 14.6 Å². The van der Waals surface area contributed by atoms with Crippen LogP contribution in [-0.2, 0) is 15.0 Å². The van der Waals surface area contributed by atoms with Crippen LogP contribution in [0.15, 0.2) is 120 Å². The van der Waals surface area contributed by atoms with Crippen LogP contribution in [0, 0.1) is 11.8 Å². The van der Waals surface area contributed by atoms with Crippen LogP contribution in [-0.4, -0.2) is 25.1 Å². The number of anilines is 1. The zero-order valence-corrected chi connectivity index (χ0v) is 22.4. The third-order valence-electron chi connectivity index (χ3n) is 9.17. The minimum atomic E-state index is -0.939. The van der Waals surface area contributed by atoms with Gasteiger partial charge in [0, 0.05) is 23.6 Å². The molecule has 2 amide bonds. The molecule has 0 N–H and O–H groups in total. The molecule has 1 aliphatic heterocycles. The minimum absolute atomic E-state index is 0.155. The zero-order valence-electron chi connectivity index (χ0n) is 22.4. The van der Waals surface area contributed by atoms with Crippen molar-refractivity contribution in [2.24, 2.45) is 16.8 Å². The lowest BCUT2D eigenvalue weighted by Gasteiger charge is -2.48. The van der Waals surface area contributed by atoms with E-state index in [9.17, 15) is 9.59 Å². The predicted octanol–water partition coefficient (Wildman–Crippen LogP) is 6.80. The number of carbonyl (C=O) groups excluding carboxylic acids is 2. The Balaban J connectivity index is 1.40. The average Bonchev–Trinajstić information content (AvgIpc) is 3.27. The van der Waals surface area contributed by atoms with E-state index >= 15 is 0 Å². The van der Waals surface area contributed by atoms with Crippen LogP contribution in [0.3, 0.4) is 0 Å². The molecule has 198 valence electrons. The number of carbonyl (C=O) groups is 2. The second-order valence-electron chi connectivity index (χ2n) is 11.0. The largest absolute Gasteiger partial charge is 0.497 e. The molecule has 0 radical (unpaired) electrons. The molecule has 5 aromatic carbocycles. The van der Waals surface area contributed by atoms with Crippen molar-refractivity contribution in [3.8, 4) is 5.75 Å². The molecular formula is C36H26N2O3. The van der Waals surface area contributed by atoms with E-state index in [-0.39, 0.29) is 17.7 Å². The van der Waals surface area contributed by atoms with Crippen molar-refractivity contribution in [2.45, 2.75) is 11.3 Å². The number of imide groups is 1. The fraction of sp³-hybridized carbons (Fsp3) is 0.139. The Morgan fingerprint density at radius 2 is 1.56 bits per heavy atom. The van der Waals surface area contributed by atoms with Gasteiger partial charge in [0.2, 0.25) is 11.8 Å². The molecule has 1 saturated heterocycles. The lowest BCUT2D eigenvalue weighted by Crippen LogP contribution is -2.51. The molecule has 0 spiro atoms. The average molecular weight is 535 g/mol. The number of methoxy groups -OCH3 is 1. The predicted molar refractivity (Wildman–Crippen MR) is 160 cm³/mol. The lowest BCUT2D eigenvalue weighted by atomic mass is 9.52. The number of aliphatic imine (C=N–C) groups is 1. The fourth-order valence-electron chi connectivity index (χ4n) is 7.43. The number of hydrogen-bond donors (Lipinski definition) is 0. The van der Waals surface area contributed by atoms with Crippen molar-refractivity contribution in [1.82, 2.24) is 0 Å². The monoisotopic (exact) mass is 534 g/mol. The van der Waals surface area contributed by atoms with Crippen LogP contribution in [0.2, 0.25) is 0 Å². The minimum Gasteiger partial charge on any atom is -0.497 e. The molecule has 0 unspecified atom stereocenters. The van der Waals surface area contributed by atoms with Crippen LogP contribution in [0.5, 0.6) is 5.75 Å².